The van der Waals surface area contributed by atoms with E-state index in [-0.39, 0.29) is 24.0 Å². The fraction of sp³-hybridized carbons (Fsp3) is 0.600. The lowest BCUT2D eigenvalue weighted by Crippen LogP contribution is -2.56. The second kappa shape index (κ2) is 13.5. The molecular formula is C25H34ClN7O5S. The van der Waals surface area contributed by atoms with Gasteiger partial charge in [-0.2, -0.15) is 5.26 Å². The van der Waals surface area contributed by atoms with E-state index >= 15 is 0 Å². The molecule has 0 aliphatic carbocycles. The minimum atomic E-state index is -0.189. The van der Waals surface area contributed by atoms with Gasteiger partial charge in [-0.1, -0.05) is 11.6 Å². The lowest BCUT2D eigenvalue weighted by Gasteiger charge is -2.36. The predicted octanol–water partition coefficient (Wildman–Crippen LogP) is 2.61. The van der Waals surface area contributed by atoms with Gasteiger partial charge in [0.15, 0.2) is 0 Å². The number of urea groups is 2. The second-order valence-electron chi connectivity index (χ2n) is 9.56. The minimum absolute atomic E-state index is 0.0796. The molecule has 3 aliphatic heterocycles. The number of piperazine rings is 2. The predicted molar refractivity (Wildman–Crippen MR) is 147 cm³/mol. The van der Waals surface area contributed by atoms with Gasteiger partial charge in [-0.05, 0) is 38.0 Å². The zero-order valence-electron chi connectivity index (χ0n) is 22.2. The highest BCUT2D eigenvalue weighted by Crippen LogP contribution is 2.33. The van der Waals surface area contributed by atoms with Crippen molar-refractivity contribution in [1.82, 2.24) is 24.3 Å². The van der Waals surface area contributed by atoms with Crippen LogP contribution in [0.1, 0.15) is 30.9 Å². The van der Waals surface area contributed by atoms with Crippen molar-refractivity contribution in [3.8, 4) is 6.07 Å². The van der Waals surface area contributed by atoms with Crippen molar-refractivity contribution in [3.63, 3.8) is 0 Å². The average Bonchev–Trinajstić information content (AvgIpc) is 3.28. The monoisotopic (exact) mass is 579 g/mol. The van der Waals surface area contributed by atoms with Gasteiger partial charge in [0.2, 0.25) is 5.91 Å². The summed E-state index contributed by atoms with van der Waals surface area (Å²) in [6.07, 6.45) is 0.927. The quantitative estimate of drug-likeness (QED) is 0.156. The van der Waals surface area contributed by atoms with E-state index in [0.717, 1.165) is 12.2 Å². The number of nitrogens with one attached hydrogen (secondary N) is 1. The van der Waals surface area contributed by atoms with Gasteiger partial charge >= 0.3 is 12.1 Å². The molecule has 3 fully saturated rings. The molecule has 3 aliphatic rings. The number of rotatable bonds is 9. The van der Waals surface area contributed by atoms with Crippen molar-refractivity contribution < 1.29 is 23.6 Å². The first kappa shape index (κ1) is 29.2. The van der Waals surface area contributed by atoms with Gasteiger partial charge in [-0.3, -0.25) is 9.69 Å². The molecule has 1 atom stereocenters. The summed E-state index contributed by atoms with van der Waals surface area (Å²) in [5, 5.41) is 12.5. The van der Waals surface area contributed by atoms with Gasteiger partial charge in [0.25, 0.3) is 0 Å². The van der Waals surface area contributed by atoms with Crippen molar-refractivity contribution in [1.29, 1.82) is 5.26 Å². The van der Waals surface area contributed by atoms with Crippen molar-refractivity contribution >= 4 is 47.5 Å². The molecule has 39 heavy (non-hydrogen) atoms. The first-order chi connectivity index (χ1) is 18.8. The number of carbonyl (C=O) groups excluding carboxylic acids is 3. The van der Waals surface area contributed by atoms with E-state index in [4.69, 9.17) is 20.8 Å². The van der Waals surface area contributed by atoms with Crippen molar-refractivity contribution in [2.45, 2.75) is 32.7 Å². The van der Waals surface area contributed by atoms with Crippen LogP contribution < -0.4 is 10.2 Å². The summed E-state index contributed by atoms with van der Waals surface area (Å²) in [5.74, 6) is 0.0796. The van der Waals surface area contributed by atoms with E-state index < -0.39 is 0 Å². The molecule has 0 saturated carbocycles. The summed E-state index contributed by atoms with van der Waals surface area (Å²) in [4.78, 5) is 50.3. The zero-order chi connectivity index (χ0) is 27.9. The van der Waals surface area contributed by atoms with Gasteiger partial charge in [-0.25, -0.2) is 18.8 Å². The Labute approximate surface area is 238 Å². The van der Waals surface area contributed by atoms with Crippen molar-refractivity contribution in [2.24, 2.45) is 0 Å². The Morgan fingerprint density at radius 1 is 1.15 bits per heavy atom. The number of fused-ring (bicyclic) bond motifs is 1. The highest BCUT2D eigenvalue weighted by molar-refractivity contribution is 7.92. The van der Waals surface area contributed by atoms with Crippen LogP contribution in [0.15, 0.2) is 12.1 Å². The third kappa shape index (κ3) is 6.88. The maximum atomic E-state index is 13.1. The summed E-state index contributed by atoms with van der Waals surface area (Å²) in [6.45, 7) is 8.91. The second-order valence-corrected chi connectivity index (χ2v) is 10.7. The van der Waals surface area contributed by atoms with Gasteiger partial charge in [0.05, 0.1) is 23.2 Å². The van der Waals surface area contributed by atoms with Crippen LogP contribution in [0.4, 0.5) is 15.3 Å². The highest BCUT2D eigenvalue weighted by atomic mass is 35.5. The Bertz CT molecular complexity index is 1110. The van der Waals surface area contributed by atoms with Gasteiger partial charge in [0.1, 0.15) is 18.3 Å². The number of benzene rings is 1. The summed E-state index contributed by atoms with van der Waals surface area (Å²) in [6, 6.07) is 4.98. The van der Waals surface area contributed by atoms with Crippen LogP contribution in [-0.2, 0) is 14.0 Å². The molecule has 3 heterocycles. The summed E-state index contributed by atoms with van der Waals surface area (Å²) < 4.78 is 7.01. The van der Waals surface area contributed by atoms with Crippen molar-refractivity contribution in [3.05, 3.63) is 28.3 Å². The Morgan fingerprint density at radius 2 is 1.90 bits per heavy atom. The number of carbonyl (C=O) groups is 3. The van der Waals surface area contributed by atoms with Crippen LogP contribution in [0.3, 0.4) is 0 Å². The molecule has 0 spiro atoms. The third-order valence-electron chi connectivity index (χ3n) is 7.15. The molecule has 4 rings (SSSR count). The molecule has 0 unspecified atom stereocenters. The number of amides is 5. The lowest BCUT2D eigenvalue weighted by atomic mass is 10.1. The maximum absolute atomic E-state index is 13.1. The summed E-state index contributed by atoms with van der Waals surface area (Å²) in [7, 11) is 0. The van der Waals surface area contributed by atoms with E-state index in [2.05, 4.69) is 11.4 Å². The first-order valence-electron chi connectivity index (χ1n) is 13.1. The average molecular weight is 580 g/mol. The molecule has 1 aromatic rings. The Balaban J connectivity index is 1.18. The van der Waals surface area contributed by atoms with E-state index in [1.807, 2.05) is 16.1 Å². The van der Waals surface area contributed by atoms with Crippen LogP contribution >= 0.6 is 23.8 Å². The summed E-state index contributed by atoms with van der Waals surface area (Å²) >= 11 is 7.48. The molecule has 14 heteroatoms. The SMILES string of the molecule is CCOOSN1CCN(C(=O)CCCNC(=O)N2CCN3C(=O)N(c4ccc(C#N)c(Cl)c4C)C[C@@H]3C2)CC1. The molecular weight excluding hydrogens is 546 g/mol. The van der Waals surface area contributed by atoms with E-state index in [1.165, 1.54) is 0 Å². The Morgan fingerprint density at radius 3 is 2.62 bits per heavy atom. The zero-order valence-corrected chi connectivity index (χ0v) is 23.8. The van der Waals surface area contributed by atoms with Crippen LogP contribution in [0, 0.1) is 18.3 Å². The number of hydrogen-bond donors (Lipinski definition) is 1. The largest absolute Gasteiger partial charge is 0.340 e. The van der Waals surface area contributed by atoms with Crippen molar-refractivity contribution in [2.75, 3.05) is 70.4 Å². The molecule has 0 radical (unpaired) electrons. The van der Waals surface area contributed by atoms with Crippen LogP contribution in [-0.4, -0.2) is 109 Å². The first-order valence-corrected chi connectivity index (χ1v) is 14.2. The number of nitrogens with zero attached hydrogens (tertiary/aromatic N) is 6. The lowest BCUT2D eigenvalue weighted by molar-refractivity contribution is -0.189. The maximum Gasteiger partial charge on any atom is 0.325 e. The standard InChI is InChI=1S/C25H34ClN7O5S/c1-3-37-38-39-31-12-9-29(10-13-31)22(34)5-4-8-28-24(35)30-11-14-32-20(16-30)17-33(25(32)36)21-7-6-19(15-27)23(26)18(21)2/h6-7,20H,3-5,8-14,16-17H2,1-2H3,(H,28,35)/t20-/m0/s1. The van der Waals surface area contributed by atoms with Crippen LogP contribution in [0.5, 0.6) is 0 Å². The Kier molecular flexibility index (Phi) is 10.1. The molecule has 3 saturated heterocycles. The van der Waals surface area contributed by atoms with Gasteiger partial charge in [-0.15, -0.1) is 4.33 Å². The third-order valence-corrected chi connectivity index (χ3v) is 8.37. The molecule has 0 aromatic heterocycles. The van der Waals surface area contributed by atoms with Gasteiger partial charge < -0.3 is 20.0 Å². The molecule has 12 nitrogen and oxygen atoms in total. The number of hydrogen-bond acceptors (Lipinski definition) is 8. The van der Waals surface area contributed by atoms with E-state index in [1.54, 1.807) is 33.8 Å². The minimum Gasteiger partial charge on any atom is -0.340 e. The van der Waals surface area contributed by atoms with Crippen LogP contribution in [0.2, 0.25) is 5.02 Å². The van der Waals surface area contributed by atoms with E-state index in [9.17, 15) is 19.6 Å². The molecule has 1 N–H and O–H groups in total. The Hall–Kier alpha value is -2.76. The summed E-state index contributed by atoms with van der Waals surface area (Å²) in [5.41, 5.74) is 1.74. The smallest absolute Gasteiger partial charge is 0.325 e. The molecule has 212 valence electrons. The van der Waals surface area contributed by atoms with E-state index in [0.29, 0.717) is 100 Å². The fourth-order valence-electron chi connectivity index (χ4n) is 4.98. The van der Waals surface area contributed by atoms with Crippen LogP contribution in [0.25, 0.3) is 0 Å². The van der Waals surface area contributed by atoms with Gasteiger partial charge in [0, 0.05) is 71.0 Å². The molecule has 1 aromatic carbocycles. The molecule has 5 amide bonds. The highest BCUT2D eigenvalue weighted by Gasteiger charge is 2.42. The molecule has 0 bridgehead atoms. The number of nitriles is 1. The number of anilines is 1. The topological polar surface area (TPSA) is 122 Å². The fourth-order valence-corrected chi connectivity index (χ4v) is 5.72. The number of halogens is 1. The normalized spacial score (nSPS) is 19.7.